The van der Waals surface area contributed by atoms with Crippen LogP contribution < -0.4 is 10.6 Å². The fourth-order valence-corrected chi connectivity index (χ4v) is 9.02. The molecule has 0 radical (unpaired) electrons. The maximum Gasteiger partial charge on any atom is 0.243 e. The second-order valence-electron chi connectivity index (χ2n) is 15.3. The number of carbonyl (C=O) groups is 3. The fourth-order valence-electron chi connectivity index (χ4n) is 7.41. The van der Waals surface area contributed by atoms with Crippen LogP contribution in [0, 0.1) is 17.8 Å². The zero-order valence-electron chi connectivity index (χ0n) is 30.5. The lowest BCUT2D eigenvalue weighted by Gasteiger charge is -2.35. The molecule has 3 amide bonds. The molecular formula is C39H56N4O8S. The summed E-state index contributed by atoms with van der Waals surface area (Å²) in [5.41, 5.74) is 1.26. The van der Waals surface area contributed by atoms with Gasteiger partial charge in [-0.15, -0.1) is 0 Å². The van der Waals surface area contributed by atoms with E-state index in [2.05, 4.69) is 15.6 Å². The summed E-state index contributed by atoms with van der Waals surface area (Å²) in [6.07, 6.45) is 6.92. The molecule has 12 nitrogen and oxygen atoms in total. The Bertz CT molecular complexity index is 1580. The second-order valence-corrected chi connectivity index (χ2v) is 17.9. The Morgan fingerprint density at radius 1 is 0.904 bits per heavy atom. The van der Waals surface area contributed by atoms with Crippen LogP contribution in [0.4, 0.5) is 0 Å². The van der Waals surface area contributed by atoms with Gasteiger partial charge < -0.3 is 30.5 Å². The zero-order valence-corrected chi connectivity index (χ0v) is 31.3. The quantitative estimate of drug-likeness (QED) is 0.190. The molecule has 1 aromatic heterocycles. The number of morpholine rings is 1. The lowest BCUT2D eigenvalue weighted by molar-refractivity contribution is -0.137. The Kier molecular flexibility index (Phi) is 13.9. The highest BCUT2D eigenvalue weighted by atomic mass is 32.2. The van der Waals surface area contributed by atoms with Crippen molar-refractivity contribution in [3.05, 3.63) is 66.0 Å². The van der Waals surface area contributed by atoms with Gasteiger partial charge >= 0.3 is 0 Å². The molecular weight excluding hydrogens is 685 g/mol. The number of ether oxygens (including phenoxy) is 1. The van der Waals surface area contributed by atoms with Gasteiger partial charge in [0.1, 0.15) is 16.9 Å². The Labute approximate surface area is 308 Å². The average molecular weight is 741 g/mol. The van der Waals surface area contributed by atoms with Crippen LogP contribution in [0.25, 0.3) is 0 Å². The van der Waals surface area contributed by atoms with Crippen LogP contribution in [-0.4, -0.2) is 107 Å². The Balaban J connectivity index is 1.39. The van der Waals surface area contributed by atoms with Crippen LogP contribution in [0.3, 0.4) is 0 Å². The van der Waals surface area contributed by atoms with Crippen molar-refractivity contribution >= 4 is 27.6 Å². The normalized spacial score (nSPS) is 20.3. The molecule has 13 heteroatoms. The molecule has 2 aromatic rings. The molecule has 3 fully saturated rings. The van der Waals surface area contributed by atoms with Crippen molar-refractivity contribution in [3.63, 3.8) is 0 Å². The number of hydrogen-bond acceptors (Lipinski definition) is 9. The van der Waals surface area contributed by atoms with E-state index >= 15 is 0 Å². The molecule has 5 rings (SSSR count). The number of pyridine rings is 1. The van der Waals surface area contributed by atoms with Crippen molar-refractivity contribution < 1.29 is 37.8 Å². The predicted octanol–water partition coefficient (Wildman–Crippen LogP) is 2.61. The molecule has 4 N–H and O–H groups in total. The van der Waals surface area contributed by atoms with E-state index in [4.69, 9.17) is 4.74 Å². The summed E-state index contributed by atoms with van der Waals surface area (Å²) in [5, 5.41) is 28.1. The van der Waals surface area contributed by atoms with Gasteiger partial charge in [-0.2, -0.15) is 0 Å². The Morgan fingerprint density at radius 2 is 1.58 bits per heavy atom. The van der Waals surface area contributed by atoms with Gasteiger partial charge in [0, 0.05) is 31.4 Å². The van der Waals surface area contributed by atoms with Crippen LogP contribution in [-0.2, 0) is 41.8 Å². The number of nitrogens with zero attached hydrogens (tertiary/aromatic N) is 2. The first kappa shape index (κ1) is 39.8. The minimum Gasteiger partial charge on any atom is -0.390 e. The minimum absolute atomic E-state index is 0.00940. The number of amides is 3. The summed E-state index contributed by atoms with van der Waals surface area (Å²) in [7, 11) is -4.21. The summed E-state index contributed by atoms with van der Waals surface area (Å²) >= 11 is 0. The summed E-state index contributed by atoms with van der Waals surface area (Å²) in [4.78, 5) is 47.9. The molecule has 1 aliphatic heterocycles. The van der Waals surface area contributed by atoms with Gasteiger partial charge in [-0.1, -0.05) is 68.5 Å². The number of sulfone groups is 1. The van der Waals surface area contributed by atoms with Crippen molar-refractivity contribution in [2.24, 2.45) is 17.8 Å². The Hall–Kier alpha value is -3.39. The Morgan fingerprint density at radius 3 is 2.21 bits per heavy atom. The third-order valence-electron chi connectivity index (χ3n) is 11.0. The van der Waals surface area contributed by atoms with Crippen LogP contribution in [0.5, 0.6) is 0 Å². The van der Waals surface area contributed by atoms with E-state index < -0.39 is 68.3 Å². The monoisotopic (exact) mass is 740 g/mol. The molecule has 1 aromatic carbocycles. The molecule has 2 saturated carbocycles. The third-order valence-corrected chi connectivity index (χ3v) is 13.6. The number of aliphatic hydroxyl groups is 2. The summed E-state index contributed by atoms with van der Waals surface area (Å²) in [6.45, 7) is 3.96. The maximum absolute atomic E-state index is 14.3. The molecule has 52 heavy (non-hydrogen) atoms. The molecule has 3 aliphatic rings. The molecule has 286 valence electrons. The standard InChI is InChI=1S/C39H56N4O8S/c1-39(2,38(48)43-19-21-51-22-20-43)52(49,50)26-30(23-27-11-5-3-6-12-27)36(46)42-33(25-31-15-9-10-18-40-31)37(47)41-32(24-28-13-7-4-8-14-28)35(45)34(44)29-16-17-29/h3,5-6,9-12,15,18,28-30,32-35,44-45H,4,7-8,13-14,16-17,19-26H2,1-2H3,(H,41,47)(H,42,46)/t30-,32+,33-,34+,35-/m1/s1. The molecule has 1 saturated heterocycles. The molecule has 2 heterocycles. The summed E-state index contributed by atoms with van der Waals surface area (Å²) < 4.78 is 31.7. The molecule has 2 aliphatic carbocycles. The number of aliphatic hydroxyl groups excluding tert-OH is 2. The topological polar surface area (TPSA) is 175 Å². The number of nitrogens with one attached hydrogen (secondary N) is 2. The minimum atomic E-state index is -4.21. The number of rotatable bonds is 17. The highest BCUT2D eigenvalue weighted by Crippen LogP contribution is 2.36. The zero-order chi connectivity index (χ0) is 37.3. The fraction of sp³-hybridized carbons (Fsp3) is 0.641. The molecule has 5 atom stereocenters. The first-order chi connectivity index (χ1) is 24.9. The summed E-state index contributed by atoms with van der Waals surface area (Å²) in [6, 6.07) is 12.4. The smallest absolute Gasteiger partial charge is 0.243 e. The molecule has 0 spiro atoms. The van der Waals surface area contributed by atoms with Crippen LogP contribution in [0.15, 0.2) is 54.7 Å². The number of aromatic nitrogens is 1. The van der Waals surface area contributed by atoms with Crippen LogP contribution in [0.1, 0.15) is 76.5 Å². The van der Waals surface area contributed by atoms with Crippen LogP contribution >= 0.6 is 0 Å². The van der Waals surface area contributed by atoms with Crippen molar-refractivity contribution in [1.82, 2.24) is 20.5 Å². The van der Waals surface area contributed by atoms with E-state index in [9.17, 15) is 33.0 Å². The van der Waals surface area contributed by atoms with Crippen molar-refractivity contribution in [3.8, 4) is 0 Å². The predicted molar refractivity (Wildman–Crippen MR) is 197 cm³/mol. The van der Waals surface area contributed by atoms with Gasteiger partial charge in [0.25, 0.3) is 0 Å². The largest absolute Gasteiger partial charge is 0.390 e. The first-order valence-corrected chi connectivity index (χ1v) is 20.5. The van der Waals surface area contributed by atoms with Gasteiger partial charge in [0.15, 0.2) is 9.84 Å². The van der Waals surface area contributed by atoms with E-state index in [0.29, 0.717) is 25.3 Å². The maximum atomic E-state index is 14.3. The van der Waals surface area contributed by atoms with Crippen molar-refractivity contribution in [2.75, 3.05) is 32.1 Å². The molecule has 0 bridgehead atoms. The highest BCUT2D eigenvalue weighted by molar-refractivity contribution is 7.93. The lowest BCUT2D eigenvalue weighted by Crippen LogP contribution is -2.57. The number of hydrogen-bond donors (Lipinski definition) is 4. The van der Waals surface area contributed by atoms with E-state index in [0.717, 1.165) is 50.5 Å². The highest BCUT2D eigenvalue weighted by Gasteiger charge is 2.46. The van der Waals surface area contributed by atoms with Gasteiger partial charge in [0.2, 0.25) is 17.7 Å². The molecule has 0 unspecified atom stereocenters. The van der Waals surface area contributed by atoms with Gasteiger partial charge in [0.05, 0.1) is 37.0 Å². The number of benzene rings is 1. The van der Waals surface area contributed by atoms with E-state index in [1.807, 2.05) is 6.07 Å². The van der Waals surface area contributed by atoms with Gasteiger partial charge in [-0.05, 0) is 69.1 Å². The third kappa shape index (κ3) is 10.6. The first-order valence-electron chi connectivity index (χ1n) is 18.9. The van der Waals surface area contributed by atoms with Crippen molar-refractivity contribution in [2.45, 2.75) is 107 Å². The summed E-state index contributed by atoms with van der Waals surface area (Å²) in [5.74, 6) is -3.23. The van der Waals surface area contributed by atoms with E-state index in [-0.39, 0.29) is 37.8 Å². The lowest BCUT2D eigenvalue weighted by atomic mass is 9.82. The van der Waals surface area contributed by atoms with E-state index in [1.165, 1.54) is 18.7 Å². The SMILES string of the molecule is CC(C)(C(=O)N1CCOCC1)S(=O)(=O)C[C@@H](Cc1ccccc1)C(=O)N[C@H](Cc1ccccn1)C(=O)N[C@@H](CC1CCCCC1)[C@@H](O)[C@@H](O)C1CC1. The van der Waals surface area contributed by atoms with Crippen LogP contribution in [0.2, 0.25) is 0 Å². The average Bonchev–Trinajstić information content (AvgIpc) is 4.00. The number of carbonyl (C=O) groups excluding carboxylic acids is 3. The van der Waals surface area contributed by atoms with Crippen molar-refractivity contribution in [1.29, 1.82) is 0 Å². The van der Waals surface area contributed by atoms with Gasteiger partial charge in [-0.3, -0.25) is 19.4 Å². The van der Waals surface area contributed by atoms with Gasteiger partial charge in [-0.25, -0.2) is 8.42 Å². The van der Waals surface area contributed by atoms with E-state index in [1.54, 1.807) is 48.7 Å². The second kappa shape index (κ2) is 18.1.